The molecule has 6 rings (SSSR count). The van der Waals surface area contributed by atoms with Crippen LogP contribution >= 0.6 is 0 Å². The van der Waals surface area contributed by atoms with Gasteiger partial charge in [0.05, 0.1) is 6.04 Å². The van der Waals surface area contributed by atoms with Crippen molar-refractivity contribution in [1.29, 1.82) is 0 Å². The molecule has 0 bridgehead atoms. The molecular formula is C29H33N9O3. The number of ketones is 1. The Hall–Kier alpha value is -4.74. The Labute approximate surface area is 238 Å². The molecule has 12 nitrogen and oxygen atoms in total. The maximum absolute atomic E-state index is 13.3. The number of carbonyl (C=O) groups excluding carboxylic acids is 3. The summed E-state index contributed by atoms with van der Waals surface area (Å²) in [6.07, 6.45) is 2.88. The van der Waals surface area contributed by atoms with Gasteiger partial charge in [-0.2, -0.15) is 4.98 Å². The molecule has 212 valence electrons. The van der Waals surface area contributed by atoms with Gasteiger partial charge in [0.2, 0.25) is 5.95 Å². The maximum Gasteiger partial charge on any atom is 0.324 e. The van der Waals surface area contributed by atoms with Crippen LogP contribution < -0.4 is 25.8 Å². The molecule has 1 unspecified atom stereocenters. The molecule has 3 fully saturated rings. The van der Waals surface area contributed by atoms with E-state index in [1.165, 1.54) is 0 Å². The fourth-order valence-corrected chi connectivity index (χ4v) is 5.74. The monoisotopic (exact) mass is 555 g/mol. The number of nitrogens with one attached hydrogen (secondary N) is 1. The fraction of sp³-hybridized carbons (Fsp3) is 0.379. The van der Waals surface area contributed by atoms with E-state index >= 15 is 0 Å². The quantitative estimate of drug-likeness (QED) is 0.450. The molecule has 1 atom stereocenters. The molecule has 0 radical (unpaired) electrons. The molecule has 41 heavy (non-hydrogen) atoms. The van der Waals surface area contributed by atoms with Gasteiger partial charge in [0, 0.05) is 69.2 Å². The summed E-state index contributed by atoms with van der Waals surface area (Å²) in [6.45, 7) is 4.00. The normalized spacial score (nSPS) is 19.6. The predicted octanol–water partition coefficient (Wildman–Crippen LogP) is 2.79. The van der Waals surface area contributed by atoms with E-state index in [1.54, 1.807) is 0 Å². The van der Waals surface area contributed by atoms with E-state index in [-0.39, 0.29) is 23.6 Å². The van der Waals surface area contributed by atoms with E-state index in [0.29, 0.717) is 63.8 Å². The Morgan fingerprint density at radius 3 is 2.34 bits per heavy atom. The number of hydrogen-bond acceptors (Lipinski definition) is 9. The van der Waals surface area contributed by atoms with Crippen LogP contribution in [0.5, 0.6) is 0 Å². The van der Waals surface area contributed by atoms with Crippen LogP contribution in [0.25, 0.3) is 0 Å². The molecule has 12 heteroatoms. The van der Waals surface area contributed by atoms with Crippen LogP contribution in [-0.4, -0.2) is 83.1 Å². The highest BCUT2D eigenvalue weighted by molar-refractivity contribution is 5.96. The van der Waals surface area contributed by atoms with Crippen molar-refractivity contribution in [1.82, 2.24) is 20.1 Å². The highest BCUT2D eigenvalue weighted by Crippen LogP contribution is 2.28. The van der Waals surface area contributed by atoms with Crippen LogP contribution in [0.3, 0.4) is 0 Å². The predicted molar refractivity (Wildman–Crippen MR) is 156 cm³/mol. The van der Waals surface area contributed by atoms with E-state index in [0.717, 1.165) is 29.9 Å². The largest absolute Gasteiger partial charge is 0.371 e. The van der Waals surface area contributed by atoms with E-state index < -0.39 is 5.91 Å². The zero-order valence-electron chi connectivity index (χ0n) is 22.8. The maximum atomic E-state index is 13.3. The van der Waals surface area contributed by atoms with Gasteiger partial charge in [-0.25, -0.2) is 4.79 Å². The number of benzene rings is 2. The first kappa shape index (κ1) is 26.5. The van der Waals surface area contributed by atoms with Crippen molar-refractivity contribution in [2.24, 2.45) is 5.73 Å². The Morgan fingerprint density at radius 1 is 0.854 bits per heavy atom. The summed E-state index contributed by atoms with van der Waals surface area (Å²) in [5.41, 5.74) is 8.19. The van der Waals surface area contributed by atoms with Gasteiger partial charge in [0.15, 0.2) is 11.5 Å². The topological polar surface area (TPSA) is 141 Å². The number of carbonyl (C=O) groups is 3. The van der Waals surface area contributed by atoms with Crippen molar-refractivity contribution in [2.45, 2.75) is 31.7 Å². The average molecular weight is 556 g/mol. The molecule has 2 aromatic carbocycles. The van der Waals surface area contributed by atoms with Crippen molar-refractivity contribution in [3.63, 3.8) is 0 Å². The van der Waals surface area contributed by atoms with Crippen LogP contribution in [0, 0.1) is 0 Å². The summed E-state index contributed by atoms with van der Waals surface area (Å²) >= 11 is 0. The summed E-state index contributed by atoms with van der Waals surface area (Å²) in [6, 6.07) is 17.5. The number of nitrogens with zero attached hydrogens (tertiary/aromatic N) is 7. The number of rotatable bonds is 7. The van der Waals surface area contributed by atoms with Gasteiger partial charge in [-0.15, -0.1) is 10.2 Å². The number of urea groups is 1. The number of hydrogen-bond donors (Lipinski definition) is 2. The number of nitrogens with two attached hydrogens (primary N) is 1. The van der Waals surface area contributed by atoms with Crippen LogP contribution in [0.1, 0.15) is 36.2 Å². The first-order chi connectivity index (χ1) is 20.0. The lowest BCUT2D eigenvalue weighted by molar-refractivity contribution is -0.119. The van der Waals surface area contributed by atoms with Gasteiger partial charge in [-0.05, 0) is 49.2 Å². The molecule has 3 aliphatic heterocycles. The van der Waals surface area contributed by atoms with Gasteiger partial charge < -0.3 is 25.8 Å². The molecule has 3 N–H and O–H groups in total. The van der Waals surface area contributed by atoms with E-state index in [4.69, 9.17) is 5.73 Å². The van der Waals surface area contributed by atoms with Crippen LogP contribution in [0.2, 0.25) is 0 Å². The minimum atomic E-state index is -0.728. The minimum Gasteiger partial charge on any atom is -0.371 e. The Bertz CT molecular complexity index is 1420. The molecule has 0 saturated carbocycles. The molecule has 3 aromatic rings. The van der Waals surface area contributed by atoms with Crippen molar-refractivity contribution < 1.29 is 14.4 Å². The third kappa shape index (κ3) is 5.63. The third-order valence-corrected chi connectivity index (χ3v) is 7.95. The van der Waals surface area contributed by atoms with Crippen molar-refractivity contribution in [2.75, 3.05) is 59.3 Å². The number of aromatic nitrogens is 3. The van der Waals surface area contributed by atoms with E-state index in [2.05, 4.69) is 25.4 Å². The molecule has 4 heterocycles. The van der Waals surface area contributed by atoms with E-state index in [9.17, 15) is 14.4 Å². The highest BCUT2D eigenvalue weighted by Gasteiger charge is 2.37. The zero-order chi connectivity index (χ0) is 28.3. The molecule has 0 aliphatic carbocycles. The molecule has 1 aromatic heterocycles. The van der Waals surface area contributed by atoms with E-state index in [1.807, 2.05) is 69.3 Å². The number of piperidine rings is 2. The lowest BCUT2D eigenvalue weighted by Gasteiger charge is -2.37. The molecule has 3 saturated heterocycles. The number of primary amides is 1. The minimum absolute atomic E-state index is 0.00752. The lowest BCUT2D eigenvalue weighted by atomic mass is 10.0. The van der Waals surface area contributed by atoms with Gasteiger partial charge in [-0.1, -0.05) is 18.2 Å². The number of anilines is 5. The van der Waals surface area contributed by atoms with Crippen molar-refractivity contribution >= 4 is 46.5 Å². The summed E-state index contributed by atoms with van der Waals surface area (Å²) < 4.78 is 0. The smallest absolute Gasteiger partial charge is 0.324 e. The van der Waals surface area contributed by atoms with Gasteiger partial charge >= 0.3 is 6.03 Å². The fourth-order valence-electron chi connectivity index (χ4n) is 5.74. The average Bonchev–Trinajstić information content (AvgIpc) is 3.39. The summed E-state index contributed by atoms with van der Waals surface area (Å²) in [4.78, 5) is 49.6. The van der Waals surface area contributed by atoms with Gasteiger partial charge in [-0.3, -0.25) is 14.5 Å². The Kier molecular flexibility index (Phi) is 7.36. The summed E-state index contributed by atoms with van der Waals surface area (Å²) in [7, 11) is 0. The van der Waals surface area contributed by atoms with Crippen LogP contribution in [0.4, 0.5) is 33.6 Å². The second kappa shape index (κ2) is 11.4. The summed E-state index contributed by atoms with van der Waals surface area (Å²) in [5, 5.41) is 11.5. The number of para-hydroxylation sites is 1. The Balaban J connectivity index is 1.16. The molecule has 3 aliphatic rings. The first-order valence-corrected chi connectivity index (χ1v) is 14.0. The Morgan fingerprint density at radius 2 is 1.61 bits per heavy atom. The molecular weight excluding hydrogens is 522 g/mol. The number of amides is 3. The third-order valence-electron chi connectivity index (χ3n) is 7.95. The SMILES string of the molecule is NC(=O)c1nnc(N2CCCC(N3CCN(c4ccccc4)C3=O)C2)nc1Nc1ccc(N2CCC(=O)CC2)cc1. The van der Waals surface area contributed by atoms with Gasteiger partial charge in [0.1, 0.15) is 5.78 Å². The van der Waals surface area contributed by atoms with Crippen molar-refractivity contribution in [3.8, 4) is 0 Å². The molecule has 3 amide bonds. The second-order valence-electron chi connectivity index (χ2n) is 10.6. The van der Waals surface area contributed by atoms with Gasteiger partial charge in [0.25, 0.3) is 5.91 Å². The van der Waals surface area contributed by atoms with Crippen molar-refractivity contribution in [3.05, 3.63) is 60.3 Å². The standard InChI is InChI=1S/C29H33N9O3/c30-26(40)25-27(31-20-8-10-21(11-9-20)35-15-12-24(39)13-16-35)32-28(34-33-25)36-14-4-7-23(19-36)38-18-17-37(29(38)41)22-5-2-1-3-6-22/h1-3,5-6,8-11,23H,4,7,12-19H2,(H2,30,40)(H,31,32,34). The first-order valence-electron chi connectivity index (χ1n) is 14.0. The lowest BCUT2D eigenvalue weighted by Crippen LogP contribution is -2.50. The van der Waals surface area contributed by atoms with Crippen LogP contribution in [0.15, 0.2) is 54.6 Å². The van der Waals surface area contributed by atoms with Crippen LogP contribution in [-0.2, 0) is 4.79 Å². The molecule has 0 spiro atoms. The zero-order valence-corrected chi connectivity index (χ0v) is 22.8. The number of Topliss-reactive ketones (excluding diaryl/α,β-unsaturated/α-hetero) is 1. The second-order valence-corrected chi connectivity index (χ2v) is 10.6. The summed E-state index contributed by atoms with van der Waals surface area (Å²) in [5.74, 6) is 0.178. The highest BCUT2D eigenvalue weighted by atomic mass is 16.2.